The number of carbonyl (C=O) groups is 1. The number of nitriles is 1. The zero-order valence-electron chi connectivity index (χ0n) is 20.3. The van der Waals surface area contributed by atoms with Gasteiger partial charge < -0.3 is 14.8 Å². The van der Waals surface area contributed by atoms with E-state index in [1.807, 2.05) is 43.3 Å². The first kappa shape index (κ1) is 26.7. The summed E-state index contributed by atoms with van der Waals surface area (Å²) in [6.45, 7) is 4.82. The molecule has 0 spiro atoms. The fraction of sp³-hybridized carbons (Fsp3) is 0.133. The second-order valence-corrected chi connectivity index (χ2v) is 10.3. The van der Waals surface area contributed by atoms with E-state index in [0.29, 0.717) is 36.0 Å². The number of hydrogen-bond donors (Lipinski definition) is 1. The number of hydrogen-bond acceptors (Lipinski definition) is 4. The molecule has 186 valence electrons. The lowest BCUT2D eigenvalue weighted by Gasteiger charge is -2.17. The summed E-state index contributed by atoms with van der Waals surface area (Å²) in [6.07, 6.45) is 1.55. The molecule has 4 aromatic rings. The number of amides is 1. The second-order valence-electron chi connectivity index (χ2n) is 8.26. The summed E-state index contributed by atoms with van der Waals surface area (Å²) in [5.74, 6) is 0.707. The molecule has 0 aromatic heterocycles. The highest BCUT2D eigenvalue weighted by molar-refractivity contribution is 14.1. The van der Waals surface area contributed by atoms with Crippen molar-refractivity contribution in [2.24, 2.45) is 0 Å². The lowest BCUT2D eigenvalue weighted by atomic mass is 10.0. The monoisotopic (exact) mass is 666 g/mol. The summed E-state index contributed by atoms with van der Waals surface area (Å²) >= 11 is 5.57. The van der Waals surface area contributed by atoms with Gasteiger partial charge in [0, 0.05) is 15.7 Å². The zero-order valence-corrected chi connectivity index (χ0v) is 24.1. The van der Waals surface area contributed by atoms with Gasteiger partial charge in [0.2, 0.25) is 0 Å². The van der Waals surface area contributed by atoms with E-state index >= 15 is 0 Å². The molecule has 0 heterocycles. The molecular formula is C30H24BrIN2O3. The predicted molar refractivity (Wildman–Crippen MR) is 160 cm³/mol. The van der Waals surface area contributed by atoms with Crippen LogP contribution < -0.4 is 14.8 Å². The van der Waals surface area contributed by atoms with Gasteiger partial charge >= 0.3 is 0 Å². The van der Waals surface area contributed by atoms with Crippen molar-refractivity contribution < 1.29 is 14.3 Å². The normalized spacial score (nSPS) is 11.2. The van der Waals surface area contributed by atoms with E-state index in [1.54, 1.807) is 24.3 Å². The largest absolute Gasteiger partial charge is 0.490 e. The van der Waals surface area contributed by atoms with Crippen molar-refractivity contribution in [3.05, 3.63) is 103 Å². The number of fused-ring (bicyclic) bond motifs is 1. The minimum atomic E-state index is -0.482. The average Bonchev–Trinajstić information content (AvgIpc) is 2.89. The maximum Gasteiger partial charge on any atom is 0.266 e. The van der Waals surface area contributed by atoms with Gasteiger partial charge in [0.05, 0.1) is 10.2 Å². The summed E-state index contributed by atoms with van der Waals surface area (Å²) in [5, 5.41) is 14.7. The molecule has 1 N–H and O–H groups in total. The van der Waals surface area contributed by atoms with E-state index in [-0.39, 0.29) is 5.57 Å². The first-order valence-electron chi connectivity index (χ1n) is 11.6. The standard InChI is InChI=1S/C30H24BrIN2O3/c1-3-36-28-16-20(14-22(17-33)30(35)34-24-12-10-23(31)11-13-24)15-27(32)29(28)37-18-26-19(2)8-9-21-6-4-5-7-25(21)26/h4-16H,3,18H2,1-2H3,(H,34,35)/b22-14+. The highest BCUT2D eigenvalue weighted by atomic mass is 127. The van der Waals surface area contributed by atoms with Crippen LogP contribution in [-0.2, 0) is 11.4 Å². The molecule has 5 nitrogen and oxygen atoms in total. The molecule has 0 unspecified atom stereocenters. The van der Waals surface area contributed by atoms with Crippen molar-refractivity contribution in [1.29, 1.82) is 5.26 Å². The number of benzene rings is 4. The van der Waals surface area contributed by atoms with Crippen molar-refractivity contribution in [2.75, 3.05) is 11.9 Å². The van der Waals surface area contributed by atoms with Crippen molar-refractivity contribution in [3.8, 4) is 17.6 Å². The highest BCUT2D eigenvalue weighted by Gasteiger charge is 2.16. The van der Waals surface area contributed by atoms with Crippen molar-refractivity contribution in [3.63, 3.8) is 0 Å². The third-order valence-electron chi connectivity index (χ3n) is 5.75. The molecule has 0 aliphatic heterocycles. The van der Waals surface area contributed by atoms with E-state index in [0.717, 1.165) is 29.9 Å². The number of halogens is 2. The van der Waals surface area contributed by atoms with Crippen LogP contribution in [0.2, 0.25) is 0 Å². The molecule has 7 heteroatoms. The lowest BCUT2D eigenvalue weighted by Crippen LogP contribution is -2.13. The average molecular weight is 667 g/mol. The van der Waals surface area contributed by atoms with Gasteiger partial charge in [-0.15, -0.1) is 0 Å². The van der Waals surface area contributed by atoms with Gasteiger partial charge in [-0.3, -0.25) is 4.79 Å². The van der Waals surface area contributed by atoms with Crippen LogP contribution >= 0.6 is 38.5 Å². The van der Waals surface area contributed by atoms with Crippen LogP contribution in [0.25, 0.3) is 16.8 Å². The molecule has 0 radical (unpaired) electrons. The Kier molecular flexibility index (Phi) is 8.85. The second kappa shape index (κ2) is 12.3. The van der Waals surface area contributed by atoms with E-state index in [2.05, 4.69) is 75.0 Å². The van der Waals surface area contributed by atoms with Crippen molar-refractivity contribution in [2.45, 2.75) is 20.5 Å². The molecule has 0 saturated heterocycles. The van der Waals surface area contributed by atoms with Gasteiger partial charge in [-0.25, -0.2) is 0 Å². The number of ether oxygens (including phenoxy) is 2. The minimum Gasteiger partial charge on any atom is -0.490 e. The number of aryl methyl sites for hydroxylation is 1. The Labute approximate surface area is 238 Å². The Hall–Kier alpha value is -3.35. The Morgan fingerprint density at radius 3 is 2.57 bits per heavy atom. The predicted octanol–water partition coefficient (Wildman–Crippen LogP) is 8.04. The molecule has 37 heavy (non-hydrogen) atoms. The van der Waals surface area contributed by atoms with Gasteiger partial charge in [-0.05, 0) is 101 Å². The summed E-state index contributed by atoms with van der Waals surface area (Å²) in [6, 6.07) is 25.3. The number of nitrogens with zero attached hydrogens (tertiary/aromatic N) is 1. The van der Waals surface area contributed by atoms with Gasteiger partial charge in [-0.2, -0.15) is 5.26 Å². The molecule has 0 saturated carbocycles. The van der Waals surface area contributed by atoms with Gasteiger partial charge in [0.25, 0.3) is 5.91 Å². The van der Waals surface area contributed by atoms with Crippen LogP contribution in [0.5, 0.6) is 11.5 Å². The van der Waals surface area contributed by atoms with Crippen LogP contribution in [0.3, 0.4) is 0 Å². The van der Waals surface area contributed by atoms with Crippen molar-refractivity contribution >= 4 is 67.0 Å². The summed E-state index contributed by atoms with van der Waals surface area (Å²) < 4.78 is 13.9. The number of rotatable bonds is 8. The van der Waals surface area contributed by atoms with Crippen LogP contribution in [0, 0.1) is 21.8 Å². The van der Waals surface area contributed by atoms with Gasteiger partial charge in [0.1, 0.15) is 18.2 Å². The van der Waals surface area contributed by atoms with E-state index < -0.39 is 5.91 Å². The summed E-state index contributed by atoms with van der Waals surface area (Å²) in [7, 11) is 0. The van der Waals surface area contributed by atoms with Crippen molar-refractivity contribution in [1.82, 2.24) is 0 Å². The molecule has 0 atom stereocenters. The zero-order chi connectivity index (χ0) is 26.4. The Bertz CT molecular complexity index is 1520. The third kappa shape index (κ3) is 6.51. The van der Waals surface area contributed by atoms with E-state index in [1.165, 1.54) is 0 Å². The summed E-state index contributed by atoms with van der Waals surface area (Å²) in [5.41, 5.74) is 3.54. The highest BCUT2D eigenvalue weighted by Crippen LogP contribution is 2.36. The van der Waals surface area contributed by atoms with E-state index in [4.69, 9.17) is 9.47 Å². The Morgan fingerprint density at radius 1 is 1.08 bits per heavy atom. The molecule has 0 aliphatic rings. The SMILES string of the molecule is CCOc1cc(/C=C(\C#N)C(=O)Nc2ccc(Br)cc2)cc(I)c1OCc1c(C)ccc2ccccc12. The first-order chi connectivity index (χ1) is 17.9. The number of carbonyl (C=O) groups excluding carboxylic acids is 1. The Balaban J connectivity index is 1.61. The summed E-state index contributed by atoms with van der Waals surface area (Å²) in [4.78, 5) is 12.7. The van der Waals surface area contributed by atoms with Crippen LogP contribution in [0.1, 0.15) is 23.6 Å². The molecule has 0 bridgehead atoms. The topological polar surface area (TPSA) is 71.3 Å². The molecule has 4 aromatic carbocycles. The number of anilines is 1. The fourth-order valence-corrected chi connectivity index (χ4v) is 4.95. The van der Waals surface area contributed by atoms with E-state index in [9.17, 15) is 10.1 Å². The molecule has 4 rings (SSSR count). The van der Waals surface area contributed by atoms with Gasteiger partial charge in [-0.1, -0.05) is 52.3 Å². The quantitative estimate of drug-likeness (QED) is 0.117. The maximum atomic E-state index is 12.7. The molecule has 0 aliphatic carbocycles. The minimum absolute atomic E-state index is 0.0128. The fourth-order valence-electron chi connectivity index (χ4n) is 3.90. The van der Waals surface area contributed by atoms with Crippen LogP contribution in [-0.4, -0.2) is 12.5 Å². The first-order valence-corrected chi connectivity index (χ1v) is 13.5. The van der Waals surface area contributed by atoms with Gasteiger partial charge in [0.15, 0.2) is 11.5 Å². The lowest BCUT2D eigenvalue weighted by molar-refractivity contribution is -0.112. The molecule has 0 fully saturated rings. The van der Waals surface area contributed by atoms with Crippen LogP contribution in [0.15, 0.2) is 82.8 Å². The smallest absolute Gasteiger partial charge is 0.266 e. The molecule has 1 amide bonds. The third-order valence-corrected chi connectivity index (χ3v) is 7.08. The maximum absolute atomic E-state index is 12.7. The Morgan fingerprint density at radius 2 is 1.84 bits per heavy atom. The van der Waals surface area contributed by atoms with Crippen LogP contribution in [0.4, 0.5) is 5.69 Å². The molecular weight excluding hydrogens is 643 g/mol. The number of nitrogens with one attached hydrogen (secondary N) is 1.